The average molecular weight is 245 g/mol. The molecular weight excluding hydrogens is 226 g/mol. The standard InChI is InChI=1S/C10H19N3O4/c1-6(5-12-2)9(15)13-7(10(16)17)3-4-8(11)14/h6-7,12H,3-5H2,1-2H3,(H2,11,14)(H,13,15)(H,16,17)/t6?,7-/m0/s1. The molecule has 98 valence electrons. The van der Waals surface area contributed by atoms with E-state index in [1.807, 2.05) is 0 Å². The number of aliphatic carboxylic acids is 1. The first-order valence-corrected chi connectivity index (χ1v) is 5.34. The largest absolute Gasteiger partial charge is 0.480 e. The molecule has 0 aliphatic rings. The Morgan fingerprint density at radius 3 is 2.35 bits per heavy atom. The van der Waals surface area contributed by atoms with Crippen molar-refractivity contribution >= 4 is 17.8 Å². The molecule has 7 nitrogen and oxygen atoms in total. The van der Waals surface area contributed by atoms with Gasteiger partial charge in [-0.25, -0.2) is 4.79 Å². The van der Waals surface area contributed by atoms with Gasteiger partial charge in [0.05, 0.1) is 0 Å². The van der Waals surface area contributed by atoms with E-state index in [1.54, 1.807) is 14.0 Å². The summed E-state index contributed by atoms with van der Waals surface area (Å²) in [5.41, 5.74) is 4.92. The monoisotopic (exact) mass is 245 g/mol. The fourth-order valence-corrected chi connectivity index (χ4v) is 1.26. The molecule has 2 amide bonds. The van der Waals surface area contributed by atoms with Gasteiger partial charge >= 0.3 is 5.97 Å². The molecule has 0 aliphatic heterocycles. The van der Waals surface area contributed by atoms with Crippen LogP contribution in [-0.2, 0) is 14.4 Å². The van der Waals surface area contributed by atoms with E-state index in [4.69, 9.17) is 10.8 Å². The number of amides is 2. The highest BCUT2D eigenvalue weighted by Gasteiger charge is 2.22. The quantitative estimate of drug-likeness (QED) is 0.422. The van der Waals surface area contributed by atoms with E-state index in [-0.39, 0.29) is 24.7 Å². The Morgan fingerprint density at radius 2 is 1.94 bits per heavy atom. The number of carboxylic acid groups (broad SMARTS) is 1. The first-order valence-electron chi connectivity index (χ1n) is 5.34. The van der Waals surface area contributed by atoms with Gasteiger partial charge < -0.3 is 21.5 Å². The molecule has 0 spiro atoms. The predicted octanol–water partition coefficient (Wildman–Crippen LogP) is -1.32. The number of carboxylic acids is 1. The zero-order valence-corrected chi connectivity index (χ0v) is 10.0. The van der Waals surface area contributed by atoms with E-state index < -0.39 is 17.9 Å². The fourth-order valence-electron chi connectivity index (χ4n) is 1.26. The Bertz CT molecular complexity index is 293. The molecule has 0 radical (unpaired) electrons. The molecule has 17 heavy (non-hydrogen) atoms. The second kappa shape index (κ2) is 7.61. The molecule has 0 aromatic rings. The smallest absolute Gasteiger partial charge is 0.326 e. The normalized spacial score (nSPS) is 13.8. The van der Waals surface area contributed by atoms with Gasteiger partial charge in [-0.2, -0.15) is 0 Å². The van der Waals surface area contributed by atoms with E-state index >= 15 is 0 Å². The molecule has 0 rings (SSSR count). The molecule has 0 saturated carbocycles. The lowest BCUT2D eigenvalue weighted by atomic mass is 10.1. The zero-order chi connectivity index (χ0) is 13.4. The van der Waals surface area contributed by atoms with Crippen LogP contribution >= 0.6 is 0 Å². The Labute approximate surface area is 99.7 Å². The number of nitrogens with one attached hydrogen (secondary N) is 2. The van der Waals surface area contributed by atoms with Crippen molar-refractivity contribution in [1.82, 2.24) is 10.6 Å². The molecule has 0 aromatic carbocycles. The van der Waals surface area contributed by atoms with Crippen LogP contribution in [-0.4, -0.2) is 42.5 Å². The van der Waals surface area contributed by atoms with Crippen LogP contribution in [0, 0.1) is 5.92 Å². The molecule has 0 saturated heterocycles. The fraction of sp³-hybridized carbons (Fsp3) is 0.700. The van der Waals surface area contributed by atoms with Gasteiger partial charge in [0.2, 0.25) is 11.8 Å². The summed E-state index contributed by atoms with van der Waals surface area (Å²) in [6.45, 7) is 2.13. The van der Waals surface area contributed by atoms with Crippen molar-refractivity contribution in [3.63, 3.8) is 0 Å². The number of nitrogens with two attached hydrogens (primary N) is 1. The maximum Gasteiger partial charge on any atom is 0.326 e. The van der Waals surface area contributed by atoms with Crippen LogP contribution in [0.25, 0.3) is 0 Å². The highest BCUT2D eigenvalue weighted by molar-refractivity contribution is 5.85. The van der Waals surface area contributed by atoms with E-state index in [2.05, 4.69) is 10.6 Å². The lowest BCUT2D eigenvalue weighted by molar-refractivity contribution is -0.142. The number of carbonyl (C=O) groups excluding carboxylic acids is 2. The third kappa shape index (κ3) is 6.52. The third-order valence-electron chi connectivity index (χ3n) is 2.25. The van der Waals surface area contributed by atoms with Crippen molar-refractivity contribution in [2.45, 2.75) is 25.8 Å². The summed E-state index contributed by atoms with van der Waals surface area (Å²) >= 11 is 0. The molecule has 0 aromatic heterocycles. The van der Waals surface area contributed by atoms with Crippen molar-refractivity contribution in [3.8, 4) is 0 Å². The SMILES string of the molecule is CNCC(C)C(=O)N[C@@H](CCC(N)=O)C(=O)O. The maximum absolute atomic E-state index is 11.6. The molecule has 2 atom stereocenters. The summed E-state index contributed by atoms with van der Waals surface area (Å²) in [7, 11) is 1.70. The second-order valence-electron chi connectivity index (χ2n) is 3.86. The second-order valence-corrected chi connectivity index (χ2v) is 3.86. The van der Waals surface area contributed by atoms with E-state index in [9.17, 15) is 14.4 Å². The van der Waals surface area contributed by atoms with E-state index in [0.29, 0.717) is 6.54 Å². The van der Waals surface area contributed by atoms with Gasteiger partial charge in [-0.1, -0.05) is 6.92 Å². The molecular formula is C10H19N3O4. The van der Waals surface area contributed by atoms with Crippen LogP contribution in [0.2, 0.25) is 0 Å². The predicted molar refractivity (Wildman–Crippen MR) is 61.1 cm³/mol. The van der Waals surface area contributed by atoms with Crippen LogP contribution < -0.4 is 16.4 Å². The van der Waals surface area contributed by atoms with Crippen LogP contribution in [0.4, 0.5) is 0 Å². The van der Waals surface area contributed by atoms with Crippen molar-refractivity contribution < 1.29 is 19.5 Å². The van der Waals surface area contributed by atoms with Crippen LogP contribution in [0.5, 0.6) is 0 Å². The highest BCUT2D eigenvalue weighted by atomic mass is 16.4. The Kier molecular flexibility index (Phi) is 6.88. The number of carbonyl (C=O) groups is 3. The van der Waals surface area contributed by atoms with E-state index in [1.165, 1.54) is 0 Å². The lowest BCUT2D eigenvalue weighted by Gasteiger charge is -2.17. The van der Waals surface area contributed by atoms with Crippen molar-refractivity contribution in [2.24, 2.45) is 11.7 Å². The first-order chi connectivity index (χ1) is 7.88. The molecule has 1 unspecified atom stereocenters. The Morgan fingerprint density at radius 1 is 1.35 bits per heavy atom. The Hall–Kier alpha value is -1.63. The van der Waals surface area contributed by atoms with Gasteiger partial charge in [0.25, 0.3) is 0 Å². The zero-order valence-electron chi connectivity index (χ0n) is 10.0. The minimum atomic E-state index is -1.17. The maximum atomic E-state index is 11.6. The summed E-state index contributed by atoms with van der Waals surface area (Å²) in [6.07, 6.45) is -0.0691. The number of rotatable bonds is 8. The minimum absolute atomic E-state index is 0.00266. The Balaban J connectivity index is 4.29. The van der Waals surface area contributed by atoms with Gasteiger partial charge in [0.15, 0.2) is 0 Å². The summed E-state index contributed by atoms with van der Waals surface area (Å²) in [6, 6.07) is -1.07. The van der Waals surface area contributed by atoms with E-state index in [0.717, 1.165) is 0 Å². The van der Waals surface area contributed by atoms with Crippen molar-refractivity contribution in [3.05, 3.63) is 0 Å². The molecule has 0 bridgehead atoms. The van der Waals surface area contributed by atoms with Crippen LogP contribution in [0.1, 0.15) is 19.8 Å². The summed E-state index contributed by atoms with van der Waals surface area (Å²) < 4.78 is 0. The van der Waals surface area contributed by atoms with Gasteiger partial charge in [0, 0.05) is 18.9 Å². The lowest BCUT2D eigenvalue weighted by Crippen LogP contribution is -2.45. The van der Waals surface area contributed by atoms with Gasteiger partial charge in [-0.15, -0.1) is 0 Å². The molecule has 7 heteroatoms. The minimum Gasteiger partial charge on any atom is -0.480 e. The van der Waals surface area contributed by atoms with Crippen molar-refractivity contribution in [1.29, 1.82) is 0 Å². The molecule has 0 aliphatic carbocycles. The van der Waals surface area contributed by atoms with Gasteiger partial charge in [-0.05, 0) is 13.5 Å². The topological polar surface area (TPSA) is 122 Å². The third-order valence-corrected chi connectivity index (χ3v) is 2.25. The molecule has 0 fully saturated rings. The summed E-state index contributed by atoms with van der Waals surface area (Å²) in [5.74, 6) is -2.46. The molecule has 0 heterocycles. The number of hydrogen-bond donors (Lipinski definition) is 4. The average Bonchev–Trinajstić information content (AvgIpc) is 2.23. The number of primary amides is 1. The van der Waals surface area contributed by atoms with Crippen LogP contribution in [0.3, 0.4) is 0 Å². The number of hydrogen-bond acceptors (Lipinski definition) is 4. The first kappa shape index (κ1) is 15.4. The highest BCUT2D eigenvalue weighted by Crippen LogP contribution is 2.00. The van der Waals surface area contributed by atoms with Crippen molar-refractivity contribution in [2.75, 3.05) is 13.6 Å². The van der Waals surface area contributed by atoms with Gasteiger partial charge in [0.1, 0.15) is 6.04 Å². The molecule has 5 N–H and O–H groups in total. The summed E-state index contributed by atoms with van der Waals surface area (Å²) in [5, 5.41) is 14.1. The van der Waals surface area contributed by atoms with Crippen LogP contribution in [0.15, 0.2) is 0 Å². The van der Waals surface area contributed by atoms with Gasteiger partial charge in [-0.3, -0.25) is 9.59 Å². The summed E-state index contributed by atoms with van der Waals surface area (Å²) in [4.78, 5) is 33.0.